The zero-order valence-corrected chi connectivity index (χ0v) is 15.8. The van der Waals surface area contributed by atoms with Crippen molar-refractivity contribution >= 4 is 26.6 Å². The highest BCUT2D eigenvalue weighted by Gasteiger charge is 2.33. The fraction of sp³-hybridized carbons (Fsp3) is 0.316. The first-order chi connectivity index (χ1) is 13.0. The second-order valence-corrected chi connectivity index (χ2v) is 8.73. The van der Waals surface area contributed by atoms with Gasteiger partial charge in [-0.1, -0.05) is 6.07 Å². The van der Waals surface area contributed by atoms with Crippen molar-refractivity contribution in [3.8, 4) is 0 Å². The van der Waals surface area contributed by atoms with E-state index in [0.29, 0.717) is 18.4 Å². The number of aromatic nitrogens is 2. The van der Waals surface area contributed by atoms with E-state index in [-0.39, 0.29) is 16.3 Å². The fourth-order valence-electron chi connectivity index (χ4n) is 3.71. The lowest BCUT2D eigenvalue weighted by Gasteiger charge is -2.37. The summed E-state index contributed by atoms with van der Waals surface area (Å²) >= 11 is 0. The zero-order chi connectivity index (χ0) is 19.0. The minimum atomic E-state index is -3.79. The highest BCUT2D eigenvalue weighted by Crippen LogP contribution is 2.30. The van der Waals surface area contributed by atoms with Crippen LogP contribution in [0.2, 0.25) is 0 Å². The Labute approximate surface area is 157 Å². The third-order valence-corrected chi connectivity index (χ3v) is 7.22. The molecule has 0 unspecified atom stereocenters. The van der Waals surface area contributed by atoms with Crippen molar-refractivity contribution < 1.29 is 12.8 Å². The topological polar surface area (TPSA) is 69.3 Å². The molecule has 1 saturated heterocycles. The smallest absolute Gasteiger partial charge is 0.245 e. The number of nitrogens with zero attached hydrogens (tertiary/aromatic N) is 3. The molecule has 0 radical (unpaired) electrons. The van der Waals surface area contributed by atoms with Gasteiger partial charge in [-0.3, -0.25) is 4.98 Å². The molecule has 0 spiro atoms. The Balaban J connectivity index is 1.55. The third kappa shape index (κ3) is 3.19. The quantitative estimate of drug-likeness (QED) is 0.746. The molecule has 2 aromatic heterocycles. The number of H-pyrrole nitrogens is 1. The van der Waals surface area contributed by atoms with Crippen molar-refractivity contribution in [2.45, 2.75) is 23.8 Å². The molecule has 0 saturated carbocycles. The van der Waals surface area contributed by atoms with Crippen LogP contribution >= 0.6 is 0 Å². The van der Waals surface area contributed by atoms with E-state index in [2.05, 4.69) is 14.9 Å². The van der Waals surface area contributed by atoms with Crippen molar-refractivity contribution in [3.05, 3.63) is 54.7 Å². The van der Waals surface area contributed by atoms with E-state index in [4.69, 9.17) is 0 Å². The number of benzene rings is 1. The van der Waals surface area contributed by atoms with Crippen molar-refractivity contribution in [1.29, 1.82) is 0 Å². The maximum atomic E-state index is 14.2. The van der Waals surface area contributed by atoms with Crippen molar-refractivity contribution in [3.63, 3.8) is 0 Å². The molecule has 0 aliphatic carbocycles. The van der Waals surface area contributed by atoms with Gasteiger partial charge in [0.2, 0.25) is 10.0 Å². The highest BCUT2D eigenvalue weighted by atomic mass is 32.2. The molecule has 27 heavy (non-hydrogen) atoms. The highest BCUT2D eigenvalue weighted by molar-refractivity contribution is 7.89. The normalized spacial score (nSPS) is 16.3. The standard InChI is InChI=1S/C19H21FN4O2S/c1-23(14-7-11-24(12-8-14)15-5-9-21-10-6-15)27(25,26)18-13-22-17-4-2-3-16(20)19(17)18/h2-6,9-10,13-14,22H,7-8,11-12H2,1H3. The van der Waals surface area contributed by atoms with Gasteiger partial charge in [0.05, 0.1) is 5.39 Å². The van der Waals surface area contributed by atoms with Crippen molar-refractivity contribution in [2.24, 2.45) is 0 Å². The minimum absolute atomic E-state index is 0.00494. The van der Waals surface area contributed by atoms with Gasteiger partial charge < -0.3 is 9.88 Å². The average molecular weight is 388 g/mol. The zero-order valence-electron chi connectivity index (χ0n) is 15.0. The van der Waals surface area contributed by atoms with E-state index < -0.39 is 15.8 Å². The molecule has 0 atom stereocenters. The summed E-state index contributed by atoms with van der Waals surface area (Å²) in [6, 6.07) is 8.30. The molecular formula is C19H21FN4O2S. The summed E-state index contributed by atoms with van der Waals surface area (Å²) in [5.41, 5.74) is 1.57. The Morgan fingerprint density at radius 2 is 1.89 bits per heavy atom. The Morgan fingerprint density at radius 3 is 2.59 bits per heavy atom. The molecule has 1 aliphatic heterocycles. The van der Waals surface area contributed by atoms with Crippen LogP contribution in [0.5, 0.6) is 0 Å². The molecule has 0 amide bonds. The van der Waals surface area contributed by atoms with Crippen molar-refractivity contribution in [2.75, 3.05) is 25.0 Å². The lowest BCUT2D eigenvalue weighted by Crippen LogP contribution is -2.45. The van der Waals surface area contributed by atoms with Gasteiger partial charge in [0.15, 0.2) is 0 Å². The Morgan fingerprint density at radius 1 is 1.19 bits per heavy atom. The first kappa shape index (κ1) is 17.9. The molecule has 0 bridgehead atoms. The van der Waals surface area contributed by atoms with Crippen LogP contribution in [0.25, 0.3) is 10.9 Å². The maximum absolute atomic E-state index is 14.2. The molecule has 8 heteroatoms. The summed E-state index contributed by atoms with van der Waals surface area (Å²) in [7, 11) is -2.21. The van der Waals surface area contributed by atoms with Gasteiger partial charge >= 0.3 is 0 Å². The average Bonchev–Trinajstić information content (AvgIpc) is 3.15. The van der Waals surface area contributed by atoms with Crippen LogP contribution in [0.3, 0.4) is 0 Å². The summed E-state index contributed by atoms with van der Waals surface area (Å²) in [6.07, 6.45) is 6.31. The molecule has 1 aliphatic rings. The Kier molecular flexibility index (Phi) is 4.61. The van der Waals surface area contributed by atoms with E-state index in [9.17, 15) is 12.8 Å². The molecule has 142 valence electrons. The molecule has 1 fully saturated rings. The van der Waals surface area contributed by atoms with Gasteiger partial charge in [-0.05, 0) is 37.1 Å². The molecule has 1 N–H and O–H groups in total. The summed E-state index contributed by atoms with van der Waals surface area (Å²) in [6.45, 7) is 1.52. The number of rotatable bonds is 4. The fourth-order valence-corrected chi connectivity index (χ4v) is 5.29. The number of hydrogen-bond donors (Lipinski definition) is 1. The predicted octanol–water partition coefficient (Wildman–Crippen LogP) is 2.99. The second-order valence-electron chi connectivity index (χ2n) is 6.76. The number of aromatic amines is 1. The van der Waals surface area contributed by atoms with Crippen LogP contribution in [0.15, 0.2) is 53.8 Å². The van der Waals surface area contributed by atoms with Gasteiger partial charge in [-0.2, -0.15) is 4.31 Å². The number of sulfonamides is 1. The Hall–Kier alpha value is -2.45. The van der Waals surface area contributed by atoms with Gasteiger partial charge in [-0.25, -0.2) is 12.8 Å². The molecule has 3 aromatic rings. The van der Waals surface area contributed by atoms with Crippen LogP contribution < -0.4 is 4.90 Å². The van der Waals surface area contributed by atoms with Crippen LogP contribution in [0, 0.1) is 5.82 Å². The van der Waals surface area contributed by atoms with E-state index in [1.807, 2.05) is 12.1 Å². The molecule has 1 aromatic carbocycles. The number of nitrogens with one attached hydrogen (secondary N) is 1. The number of halogens is 1. The van der Waals surface area contributed by atoms with E-state index in [1.54, 1.807) is 31.6 Å². The van der Waals surface area contributed by atoms with E-state index >= 15 is 0 Å². The molecular weight excluding hydrogens is 367 g/mol. The molecule has 3 heterocycles. The molecule has 4 rings (SSSR count). The first-order valence-corrected chi connectivity index (χ1v) is 10.3. The Bertz CT molecular complexity index is 1040. The van der Waals surface area contributed by atoms with Crippen LogP contribution in [0.4, 0.5) is 10.1 Å². The van der Waals surface area contributed by atoms with Gasteiger partial charge in [0, 0.05) is 56.0 Å². The summed E-state index contributed by atoms with van der Waals surface area (Å²) in [4.78, 5) is 9.11. The summed E-state index contributed by atoms with van der Waals surface area (Å²) < 4.78 is 41.9. The van der Waals surface area contributed by atoms with E-state index in [0.717, 1.165) is 18.8 Å². The summed E-state index contributed by atoms with van der Waals surface area (Å²) in [5, 5.41) is 0.124. The maximum Gasteiger partial charge on any atom is 0.245 e. The van der Waals surface area contributed by atoms with Crippen LogP contribution in [-0.2, 0) is 10.0 Å². The largest absolute Gasteiger partial charge is 0.371 e. The third-order valence-electron chi connectivity index (χ3n) is 5.28. The predicted molar refractivity (Wildman–Crippen MR) is 103 cm³/mol. The molecule has 6 nitrogen and oxygen atoms in total. The van der Waals surface area contributed by atoms with Gasteiger partial charge in [0.25, 0.3) is 0 Å². The van der Waals surface area contributed by atoms with Gasteiger partial charge in [-0.15, -0.1) is 0 Å². The SMILES string of the molecule is CN(C1CCN(c2ccncc2)CC1)S(=O)(=O)c1c[nH]c2cccc(F)c12. The number of fused-ring (bicyclic) bond motifs is 1. The minimum Gasteiger partial charge on any atom is -0.371 e. The first-order valence-electron chi connectivity index (χ1n) is 8.87. The van der Waals surface area contributed by atoms with Crippen molar-refractivity contribution in [1.82, 2.24) is 14.3 Å². The van der Waals surface area contributed by atoms with Gasteiger partial charge in [0.1, 0.15) is 10.7 Å². The van der Waals surface area contributed by atoms with Crippen LogP contribution in [-0.4, -0.2) is 48.9 Å². The number of anilines is 1. The number of hydrogen-bond acceptors (Lipinski definition) is 4. The lowest BCUT2D eigenvalue weighted by atomic mass is 10.0. The lowest BCUT2D eigenvalue weighted by molar-refractivity contribution is 0.312. The second kappa shape index (κ2) is 6.94. The van der Waals surface area contributed by atoms with Crippen LogP contribution in [0.1, 0.15) is 12.8 Å². The van der Waals surface area contributed by atoms with E-state index in [1.165, 1.54) is 16.6 Å². The number of piperidine rings is 1. The summed E-state index contributed by atoms with van der Waals surface area (Å²) in [5.74, 6) is -0.534. The number of pyridine rings is 1. The monoisotopic (exact) mass is 388 g/mol.